The smallest absolute Gasteiger partial charge is 0.319 e. The van der Waals surface area contributed by atoms with Crippen LogP contribution in [0.25, 0.3) is 0 Å². The molecular formula is C17H32O2Si. The van der Waals surface area contributed by atoms with Crippen molar-refractivity contribution < 1.29 is 9.22 Å². The second-order valence-electron chi connectivity index (χ2n) is 6.62. The SMILES string of the molecule is C=C(C)C(=O)O[Si](C(C)CC)(C(C)CC)C1CCCC1. The standard InChI is InChI=1S/C17H32O2Si/c1-7-14(5)20(15(6)8-2,16-11-9-10-12-16)19-17(18)13(3)4/h14-16H,3,7-12H2,1-2,4-6H3. The van der Waals surface area contributed by atoms with Crippen LogP contribution in [0.1, 0.15) is 73.1 Å². The number of rotatable bonds is 7. The van der Waals surface area contributed by atoms with Crippen molar-refractivity contribution >= 4 is 14.3 Å². The zero-order valence-electron chi connectivity index (χ0n) is 14.0. The average molecular weight is 297 g/mol. The van der Waals surface area contributed by atoms with Crippen molar-refractivity contribution in [3.05, 3.63) is 12.2 Å². The summed E-state index contributed by atoms with van der Waals surface area (Å²) in [4.78, 5) is 12.3. The Balaban J connectivity index is 3.17. The van der Waals surface area contributed by atoms with Crippen LogP contribution in [0.4, 0.5) is 0 Å². The first-order chi connectivity index (χ1) is 9.40. The Morgan fingerprint density at radius 2 is 1.65 bits per heavy atom. The fraction of sp³-hybridized carbons (Fsp3) is 0.824. The third-order valence-corrected chi connectivity index (χ3v) is 11.7. The summed E-state index contributed by atoms with van der Waals surface area (Å²) in [5, 5.41) is 0. The van der Waals surface area contributed by atoms with Gasteiger partial charge in [0.15, 0.2) is 0 Å². The van der Waals surface area contributed by atoms with Crippen LogP contribution in [0.5, 0.6) is 0 Å². The highest BCUT2D eigenvalue weighted by atomic mass is 28.4. The molecule has 0 aromatic rings. The zero-order chi connectivity index (χ0) is 15.3. The van der Waals surface area contributed by atoms with Gasteiger partial charge < -0.3 is 4.43 Å². The molecule has 116 valence electrons. The van der Waals surface area contributed by atoms with Crippen molar-refractivity contribution in [2.24, 2.45) is 0 Å². The first-order valence-corrected chi connectivity index (χ1v) is 10.4. The molecule has 3 heteroatoms. The third kappa shape index (κ3) is 3.36. The maximum Gasteiger partial charge on any atom is 0.319 e. The topological polar surface area (TPSA) is 26.3 Å². The maximum absolute atomic E-state index is 12.3. The van der Waals surface area contributed by atoms with E-state index in [1.54, 1.807) is 6.92 Å². The highest BCUT2D eigenvalue weighted by Crippen LogP contribution is 2.52. The lowest BCUT2D eigenvalue weighted by Gasteiger charge is -2.44. The Labute approximate surface area is 126 Å². The van der Waals surface area contributed by atoms with Crippen molar-refractivity contribution in [3.8, 4) is 0 Å². The lowest BCUT2D eigenvalue weighted by molar-refractivity contribution is -0.131. The minimum absolute atomic E-state index is 0.149. The van der Waals surface area contributed by atoms with E-state index in [0.717, 1.165) is 12.8 Å². The van der Waals surface area contributed by atoms with Crippen LogP contribution in [0.2, 0.25) is 16.6 Å². The maximum atomic E-state index is 12.3. The molecule has 1 saturated carbocycles. The van der Waals surface area contributed by atoms with Gasteiger partial charge in [0.2, 0.25) is 0 Å². The largest absolute Gasteiger partial charge is 0.515 e. The number of carbonyl (C=O) groups is 1. The number of carbonyl (C=O) groups excluding carboxylic acids is 1. The van der Waals surface area contributed by atoms with Crippen LogP contribution in [0.3, 0.4) is 0 Å². The highest BCUT2D eigenvalue weighted by molar-refractivity contribution is 6.79. The van der Waals surface area contributed by atoms with Gasteiger partial charge >= 0.3 is 5.97 Å². The van der Waals surface area contributed by atoms with E-state index < -0.39 is 8.32 Å². The van der Waals surface area contributed by atoms with Crippen molar-refractivity contribution in [2.75, 3.05) is 0 Å². The Bertz CT molecular complexity index is 335. The van der Waals surface area contributed by atoms with E-state index in [4.69, 9.17) is 4.43 Å². The summed E-state index contributed by atoms with van der Waals surface area (Å²) in [6.07, 6.45) is 7.33. The van der Waals surface area contributed by atoms with Crippen LogP contribution in [-0.2, 0) is 9.22 Å². The second kappa shape index (κ2) is 7.44. The van der Waals surface area contributed by atoms with Crippen LogP contribution in [-0.4, -0.2) is 14.3 Å². The minimum Gasteiger partial charge on any atom is -0.515 e. The Hall–Kier alpha value is -0.573. The van der Waals surface area contributed by atoms with Gasteiger partial charge in [0.25, 0.3) is 8.32 Å². The molecule has 0 spiro atoms. The van der Waals surface area contributed by atoms with Gasteiger partial charge in [-0.05, 0) is 36.4 Å². The molecule has 2 unspecified atom stereocenters. The molecule has 0 aliphatic heterocycles. The van der Waals surface area contributed by atoms with Crippen LogP contribution in [0.15, 0.2) is 12.2 Å². The molecule has 1 aliphatic rings. The molecule has 0 aromatic heterocycles. The average Bonchev–Trinajstić information content (AvgIpc) is 2.96. The minimum atomic E-state index is -2.11. The first kappa shape index (κ1) is 17.5. The molecule has 0 aromatic carbocycles. The molecule has 0 radical (unpaired) electrons. The molecular weight excluding hydrogens is 264 g/mol. The van der Waals surface area contributed by atoms with E-state index in [2.05, 4.69) is 34.3 Å². The van der Waals surface area contributed by atoms with Gasteiger partial charge in [-0.3, -0.25) is 0 Å². The predicted molar refractivity (Wildman–Crippen MR) is 88.3 cm³/mol. The highest BCUT2D eigenvalue weighted by Gasteiger charge is 2.54. The molecule has 0 bridgehead atoms. The first-order valence-electron chi connectivity index (χ1n) is 8.28. The van der Waals surface area contributed by atoms with Gasteiger partial charge in [-0.15, -0.1) is 0 Å². The Morgan fingerprint density at radius 3 is 2.00 bits per heavy atom. The molecule has 0 heterocycles. The van der Waals surface area contributed by atoms with Gasteiger partial charge in [-0.25, -0.2) is 4.79 Å². The quantitative estimate of drug-likeness (QED) is 0.452. The molecule has 1 fully saturated rings. The van der Waals surface area contributed by atoms with E-state index in [9.17, 15) is 4.79 Å². The molecule has 0 N–H and O–H groups in total. The lowest BCUT2D eigenvalue weighted by atomic mass is 10.3. The van der Waals surface area contributed by atoms with Crippen LogP contribution in [0, 0.1) is 0 Å². The number of hydrogen-bond donors (Lipinski definition) is 0. The van der Waals surface area contributed by atoms with Gasteiger partial charge in [0.1, 0.15) is 0 Å². The van der Waals surface area contributed by atoms with E-state index in [0.29, 0.717) is 22.2 Å². The Kier molecular flexibility index (Phi) is 6.50. The van der Waals surface area contributed by atoms with Crippen molar-refractivity contribution in [3.63, 3.8) is 0 Å². The molecule has 0 saturated heterocycles. The monoisotopic (exact) mass is 296 g/mol. The summed E-state index contributed by atoms with van der Waals surface area (Å²) < 4.78 is 6.29. The van der Waals surface area contributed by atoms with Crippen molar-refractivity contribution in [1.82, 2.24) is 0 Å². The summed E-state index contributed by atoms with van der Waals surface area (Å²) in [5.41, 5.74) is 2.26. The Morgan fingerprint density at radius 1 is 1.20 bits per heavy atom. The van der Waals surface area contributed by atoms with Crippen molar-refractivity contribution in [2.45, 2.75) is 89.8 Å². The normalized spacial score (nSPS) is 22.1. The molecule has 2 atom stereocenters. The number of hydrogen-bond acceptors (Lipinski definition) is 2. The molecule has 1 aliphatic carbocycles. The summed E-state index contributed by atoms with van der Waals surface area (Å²) in [6, 6.07) is 0. The van der Waals surface area contributed by atoms with Crippen LogP contribution >= 0.6 is 0 Å². The predicted octanol–water partition coefficient (Wildman–Crippen LogP) is 5.60. The van der Waals surface area contributed by atoms with Gasteiger partial charge in [0, 0.05) is 5.57 Å². The van der Waals surface area contributed by atoms with Crippen molar-refractivity contribution in [1.29, 1.82) is 0 Å². The van der Waals surface area contributed by atoms with E-state index in [-0.39, 0.29) is 5.97 Å². The fourth-order valence-corrected chi connectivity index (χ4v) is 10.1. The van der Waals surface area contributed by atoms with Crippen LogP contribution < -0.4 is 0 Å². The van der Waals surface area contributed by atoms with Gasteiger partial charge in [-0.2, -0.15) is 0 Å². The van der Waals surface area contributed by atoms with E-state index in [1.165, 1.54) is 25.7 Å². The molecule has 0 amide bonds. The fourth-order valence-electron chi connectivity index (χ4n) is 3.84. The third-order valence-electron chi connectivity index (χ3n) is 5.38. The zero-order valence-corrected chi connectivity index (χ0v) is 15.0. The lowest BCUT2D eigenvalue weighted by Crippen LogP contribution is -2.51. The van der Waals surface area contributed by atoms with Gasteiger partial charge in [0.05, 0.1) is 0 Å². The molecule has 1 rings (SSSR count). The molecule has 2 nitrogen and oxygen atoms in total. The summed E-state index contributed by atoms with van der Waals surface area (Å²) in [5.74, 6) is -0.149. The summed E-state index contributed by atoms with van der Waals surface area (Å²) in [7, 11) is -2.11. The second-order valence-corrected chi connectivity index (χ2v) is 11.3. The van der Waals surface area contributed by atoms with E-state index >= 15 is 0 Å². The van der Waals surface area contributed by atoms with E-state index in [1.807, 2.05) is 0 Å². The summed E-state index contributed by atoms with van der Waals surface area (Å²) >= 11 is 0. The summed E-state index contributed by atoms with van der Waals surface area (Å²) in [6.45, 7) is 14.6. The molecule has 20 heavy (non-hydrogen) atoms. The van der Waals surface area contributed by atoms with Gasteiger partial charge in [-0.1, -0.05) is 60.0 Å².